The quantitative estimate of drug-likeness (QED) is 0.752. The summed E-state index contributed by atoms with van der Waals surface area (Å²) in [5.74, 6) is 0. The van der Waals surface area contributed by atoms with Crippen LogP contribution in [0.25, 0.3) is 22.9 Å². The fraction of sp³-hybridized carbons (Fsp3) is 0.0556. The topological polar surface area (TPSA) is 24.9 Å². The van der Waals surface area contributed by atoms with Gasteiger partial charge >= 0.3 is 0 Å². The number of hydrogen-bond acceptors (Lipinski definition) is 2. The predicted molar refractivity (Wildman–Crippen MR) is 86.7 cm³/mol. The second kappa shape index (κ2) is 5.57. The lowest BCUT2D eigenvalue weighted by atomic mass is 10.1. The molecular formula is C18H16N2. The highest BCUT2D eigenvalue weighted by Crippen LogP contribution is 2.21. The lowest BCUT2D eigenvalue weighted by molar-refractivity contribution is 1.32. The van der Waals surface area contributed by atoms with Gasteiger partial charge in [0.15, 0.2) is 0 Å². The van der Waals surface area contributed by atoms with E-state index in [1.54, 1.807) is 12.4 Å². The van der Waals surface area contributed by atoms with Crippen LogP contribution in [-0.4, -0.2) is 12.0 Å². The Labute approximate surface area is 118 Å². The molecule has 1 heterocycles. The Kier molecular flexibility index (Phi) is 3.46. The van der Waals surface area contributed by atoms with Gasteiger partial charge in [-0.3, -0.25) is 4.98 Å². The van der Waals surface area contributed by atoms with Crippen molar-refractivity contribution >= 4 is 28.6 Å². The van der Waals surface area contributed by atoms with Crippen LogP contribution in [0, 0.1) is 0 Å². The molecular weight excluding hydrogens is 244 g/mol. The molecule has 20 heavy (non-hydrogen) atoms. The van der Waals surface area contributed by atoms with E-state index in [-0.39, 0.29) is 0 Å². The first kappa shape index (κ1) is 12.4. The van der Waals surface area contributed by atoms with Crippen LogP contribution in [0.15, 0.2) is 60.9 Å². The molecule has 2 nitrogen and oxygen atoms in total. The van der Waals surface area contributed by atoms with Gasteiger partial charge in [-0.15, -0.1) is 0 Å². The second-order valence-electron chi connectivity index (χ2n) is 4.69. The number of nitrogens with zero attached hydrogens (tertiary/aromatic N) is 1. The highest BCUT2D eigenvalue weighted by molar-refractivity contribution is 5.88. The number of pyridine rings is 1. The van der Waals surface area contributed by atoms with Gasteiger partial charge in [-0.05, 0) is 52.2 Å². The van der Waals surface area contributed by atoms with Gasteiger partial charge in [0.2, 0.25) is 0 Å². The molecule has 0 aliphatic carbocycles. The third kappa shape index (κ3) is 2.69. The molecule has 3 rings (SSSR count). The zero-order chi connectivity index (χ0) is 13.8. The van der Waals surface area contributed by atoms with Crippen LogP contribution in [0.1, 0.15) is 11.1 Å². The maximum atomic E-state index is 4.02. The molecule has 0 aliphatic rings. The maximum absolute atomic E-state index is 4.02. The minimum absolute atomic E-state index is 1.14. The van der Waals surface area contributed by atoms with E-state index in [1.807, 2.05) is 19.2 Å². The van der Waals surface area contributed by atoms with E-state index < -0.39 is 0 Å². The minimum atomic E-state index is 1.14. The predicted octanol–water partition coefficient (Wildman–Crippen LogP) is 4.45. The highest BCUT2D eigenvalue weighted by atomic mass is 14.8. The van der Waals surface area contributed by atoms with Gasteiger partial charge in [-0.1, -0.05) is 30.4 Å². The summed E-state index contributed by atoms with van der Waals surface area (Å²) in [5.41, 5.74) is 3.50. The third-order valence-electron chi connectivity index (χ3n) is 3.33. The first-order valence-electron chi connectivity index (χ1n) is 6.65. The van der Waals surface area contributed by atoms with Crippen molar-refractivity contribution in [2.24, 2.45) is 0 Å². The third-order valence-corrected chi connectivity index (χ3v) is 3.33. The Morgan fingerprint density at radius 1 is 0.800 bits per heavy atom. The molecule has 0 spiro atoms. The minimum Gasteiger partial charge on any atom is -0.388 e. The number of fused-ring (bicyclic) bond motifs is 1. The molecule has 0 aliphatic heterocycles. The standard InChI is InChI=1S/C18H16N2/c1-19-18-7-6-16-12-15(4-5-17(16)13-18)3-2-14-8-10-20-11-9-14/h2-13,19H,1H3/b3-2+. The van der Waals surface area contributed by atoms with Gasteiger partial charge in [0.1, 0.15) is 0 Å². The second-order valence-corrected chi connectivity index (χ2v) is 4.69. The van der Waals surface area contributed by atoms with Gasteiger partial charge in [0.05, 0.1) is 0 Å². The molecule has 0 amide bonds. The molecule has 0 fully saturated rings. The molecule has 98 valence electrons. The van der Waals surface area contributed by atoms with Gasteiger partial charge in [0.25, 0.3) is 0 Å². The van der Waals surface area contributed by atoms with Crippen molar-refractivity contribution < 1.29 is 0 Å². The average Bonchev–Trinajstić information content (AvgIpc) is 2.53. The Morgan fingerprint density at radius 3 is 2.30 bits per heavy atom. The molecule has 0 bridgehead atoms. The van der Waals surface area contributed by atoms with Crippen molar-refractivity contribution in [1.82, 2.24) is 4.98 Å². The van der Waals surface area contributed by atoms with Crippen LogP contribution < -0.4 is 5.32 Å². The molecule has 0 saturated carbocycles. The summed E-state index contributed by atoms with van der Waals surface area (Å²) in [4.78, 5) is 4.02. The number of benzene rings is 2. The van der Waals surface area contributed by atoms with E-state index in [0.29, 0.717) is 0 Å². The van der Waals surface area contributed by atoms with E-state index in [1.165, 1.54) is 16.3 Å². The number of rotatable bonds is 3. The molecule has 1 N–H and O–H groups in total. The van der Waals surface area contributed by atoms with Gasteiger partial charge in [0, 0.05) is 25.1 Å². The molecule has 2 aromatic carbocycles. The Morgan fingerprint density at radius 2 is 1.50 bits per heavy atom. The summed E-state index contributed by atoms with van der Waals surface area (Å²) < 4.78 is 0. The van der Waals surface area contributed by atoms with Gasteiger partial charge in [-0.2, -0.15) is 0 Å². The molecule has 0 unspecified atom stereocenters. The van der Waals surface area contributed by atoms with Crippen LogP contribution in [0.5, 0.6) is 0 Å². The van der Waals surface area contributed by atoms with Crippen molar-refractivity contribution in [3.05, 3.63) is 72.1 Å². The summed E-state index contributed by atoms with van der Waals surface area (Å²) in [7, 11) is 1.94. The van der Waals surface area contributed by atoms with Gasteiger partial charge in [-0.25, -0.2) is 0 Å². The fourth-order valence-electron chi connectivity index (χ4n) is 2.19. The average molecular weight is 260 g/mol. The summed E-state index contributed by atoms with van der Waals surface area (Å²) in [6.07, 6.45) is 7.84. The van der Waals surface area contributed by atoms with E-state index in [0.717, 1.165) is 11.3 Å². The molecule has 0 saturated heterocycles. The highest BCUT2D eigenvalue weighted by Gasteiger charge is 1.96. The number of hydrogen-bond donors (Lipinski definition) is 1. The van der Waals surface area contributed by atoms with Crippen molar-refractivity contribution in [2.75, 3.05) is 12.4 Å². The zero-order valence-electron chi connectivity index (χ0n) is 11.4. The van der Waals surface area contributed by atoms with Crippen molar-refractivity contribution in [2.45, 2.75) is 0 Å². The Bertz CT molecular complexity index is 746. The van der Waals surface area contributed by atoms with Crippen LogP contribution in [0.2, 0.25) is 0 Å². The summed E-state index contributed by atoms with van der Waals surface area (Å²) in [6, 6.07) is 16.9. The Hall–Kier alpha value is -2.61. The summed E-state index contributed by atoms with van der Waals surface area (Å²) >= 11 is 0. The van der Waals surface area contributed by atoms with Crippen LogP contribution >= 0.6 is 0 Å². The van der Waals surface area contributed by atoms with E-state index >= 15 is 0 Å². The van der Waals surface area contributed by atoms with Crippen LogP contribution in [0.3, 0.4) is 0 Å². The monoisotopic (exact) mass is 260 g/mol. The number of aromatic nitrogens is 1. The molecule has 3 aromatic rings. The van der Waals surface area contributed by atoms with E-state index in [2.05, 4.69) is 58.9 Å². The molecule has 2 heteroatoms. The number of anilines is 1. The summed E-state index contributed by atoms with van der Waals surface area (Å²) in [6.45, 7) is 0. The van der Waals surface area contributed by atoms with Crippen LogP contribution in [-0.2, 0) is 0 Å². The van der Waals surface area contributed by atoms with Crippen molar-refractivity contribution in [1.29, 1.82) is 0 Å². The Balaban J connectivity index is 1.91. The molecule has 0 atom stereocenters. The lowest BCUT2D eigenvalue weighted by Gasteiger charge is -2.04. The van der Waals surface area contributed by atoms with E-state index in [9.17, 15) is 0 Å². The fourth-order valence-corrected chi connectivity index (χ4v) is 2.19. The molecule has 1 aromatic heterocycles. The van der Waals surface area contributed by atoms with Crippen molar-refractivity contribution in [3.8, 4) is 0 Å². The molecule has 0 radical (unpaired) electrons. The first-order chi connectivity index (χ1) is 9.85. The van der Waals surface area contributed by atoms with Crippen LogP contribution in [0.4, 0.5) is 5.69 Å². The number of nitrogens with one attached hydrogen (secondary N) is 1. The zero-order valence-corrected chi connectivity index (χ0v) is 11.4. The lowest BCUT2D eigenvalue weighted by Crippen LogP contribution is -1.87. The largest absolute Gasteiger partial charge is 0.388 e. The van der Waals surface area contributed by atoms with Gasteiger partial charge < -0.3 is 5.32 Å². The smallest absolute Gasteiger partial charge is 0.0343 e. The van der Waals surface area contributed by atoms with E-state index in [4.69, 9.17) is 0 Å². The maximum Gasteiger partial charge on any atom is 0.0343 e. The summed E-state index contributed by atoms with van der Waals surface area (Å²) in [5, 5.41) is 5.66. The first-order valence-corrected chi connectivity index (χ1v) is 6.65. The van der Waals surface area contributed by atoms with Crippen molar-refractivity contribution in [3.63, 3.8) is 0 Å². The normalized spacial score (nSPS) is 11.1. The SMILES string of the molecule is CNc1ccc2cc(/C=C/c3ccncc3)ccc2c1.